The summed E-state index contributed by atoms with van der Waals surface area (Å²) in [5, 5.41) is 2.83. The van der Waals surface area contributed by atoms with Gasteiger partial charge in [-0.15, -0.1) is 0 Å². The highest BCUT2D eigenvalue weighted by atomic mass is 32.2. The van der Waals surface area contributed by atoms with Crippen LogP contribution in [0, 0.1) is 13.8 Å². The molecule has 0 radical (unpaired) electrons. The van der Waals surface area contributed by atoms with Gasteiger partial charge < -0.3 is 19.8 Å². The molecule has 0 bridgehead atoms. The minimum absolute atomic E-state index is 0.0196. The summed E-state index contributed by atoms with van der Waals surface area (Å²) in [6, 6.07) is 9.62. The fourth-order valence-electron chi connectivity index (χ4n) is 2.86. The van der Waals surface area contributed by atoms with Crippen LogP contribution in [0.25, 0.3) is 0 Å². The molecule has 0 aliphatic carbocycles. The van der Waals surface area contributed by atoms with E-state index in [9.17, 15) is 18.0 Å². The summed E-state index contributed by atoms with van der Waals surface area (Å²) >= 11 is 0.964. The average Bonchev–Trinajstić information content (AvgIpc) is 2.79. The number of hydrogen-bond donors (Lipinski definition) is 2. The zero-order valence-corrected chi connectivity index (χ0v) is 20.1. The quantitative estimate of drug-likeness (QED) is 0.365. The third-order valence-corrected chi connectivity index (χ3v) is 7.48. The van der Waals surface area contributed by atoms with Crippen molar-refractivity contribution in [2.24, 2.45) is 0 Å². The van der Waals surface area contributed by atoms with E-state index in [0.717, 1.165) is 29.1 Å². The number of carbonyl (C=O) groups excluding carboxylic acids is 1. The Labute approximate surface area is 195 Å². The summed E-state index contributed by atoms with van der Waals surface area (Å²) in [5.41, 5.74) is 1.40. The molecule has 9 nitrogen and oxygen atoms in total. The minimum Gasteiger partial charge on any atom is -0.497 e. The molecule has 0 saturated heterocycles. The summed E-state index contributed by atoms with van der Waals surface area (Å²) in [7, 11) is -1.03. The minimum atomic E-state index is -4.03. The largest absolute Gasteiger partial charge is 0.497 e. The Morgan fingerprint density at radius 2 is 1.85 bits per heavy atom. The monoisotopic (exact) mass is 489 g/mol. The van der Waals surface area contributed by atoms with Crippen molar-refractivity contribution in [3.05, 3.63) is 64.1 Å². The first-order valence-corrected chi connectivity index (χ1v) is 12.2. The predicted octanol–water partition coefficient (Wildman–Crippen LogP) is 2.97. The van der Waals surface area contributed by atoms with Crippen molar-refractivity contribution in [3.63, 3.8) is 0 Å². The molecule has 0 aliphatic rings. The van der Waals surface area contributed by atoms with E-state index in [4.69, 9.17) is 9.47 Å². The number of rotatable bonds is 8. The van der Waals surface area contributed by atoms with Gasteiger partial charge in [0.05, 0.1) is 36.8 Å². The van der Waals surface area contributed by atoms with Gasteiger partial charge in [0.2, 0.25) is 15.7 Å². The molecule has 0 spiro atoms. The lowest BCUT2D eigenvalue weighted by molar-refractivity contribution is -0.113. The van der Waals surface area contributed by atoms with Crippen molar-refractivity contribution in [1.29, 1.82) is 0 Å². The van der Waals surface area contributed by atoms with Crippen molar-refractivity contribution in [2.45, 2.75) is 28.8 Å². The molecule has 0 saturated carbocycles. The Balaban J connectivity index is 1.71. The highest BCUT2D eigenvalue weighted by Crippen LogP contribution is 2.29. The van der Waals surface area contributed by atoms with Gasteiger partial charge in [-0.05, 0) is 49.2 Å². The van der Waals surface area contributed by atoms with Crippen LogP contribution in [0.2, 0.25) is 0 Å². The van der Waals surface area contributed by atoms with Crippen LogP contribution >= 0.6 is 11.8 Å². The fourth-order valence-corrected chi connectivity index (χ4v) is 4.81. The van der Waals surface area contributed by atoms with E-state index in [2.05, 4.69) is 15.3 Å². The maximum Gasteiger partial charge on any atom is 0.270 e. The van der Waals surface area contributed by atoms with E-state index >= 15 is 0 Å². The normalized spacial score (nSPS) is 11.2. The second kappa shape index (κ2) is 10.1. The van der Waals surface area contributed by atoms with Crippen LogP contribution in [0.4, 0.5) is 5.69 Å². The molecular weight excluding hydrogens is 466 g/mol. The van der Waals surface area contributed by atoms with Gasteiger partial charge in [0, 0.05) is 6.07 Å². The first-order chi connectivity index (χ1) is 15.6. The number of nitrogens with zero attached hydrogens (tertiary/aromatic N) is 1. The zero-order valence-electron chi connectivity index (χ0n) is 18.5. The Hall–Kier alpha value is -3.31. The Morgan fingerprint density at radius 3 is 2.48 bits per heavy atom. The van der Waals surface area contributed by atoms with Crippen LogP contribution in [-0.4, -0.2) is 44.3 Å². The van der Waals surface area contributed by atoms with Crippen LogP contribution in [0.3, 0.4) is 0 Å². The van der Waals surface area contributed by atoms with Crippen LogP contribution in [-0.2, 0) is 14.6 Å². The molecule has 174 valence electrons. The first-order valence-electron chi connectivity index (χ1n) is 9.72. The maximum atomic E-state index is 12.9. The molecule has 33 heavy (non-hydrogen) atoms. The van der Waals surface area contributed by atoms with E-state index in [0.29, 0.717) is 17.2 Å². The standard InChI is InChI=1S/C22H23N3O6S2/c1-13-5-7-16(9-14(13)2)33(28,29)19-11-23-22(25-21(19)27)32-12-20(26)24-17-8-6-15(30-3)10-18(17)31-4/h5-11H,12H2,1-4H3,(H,24,26)(H,23,25,27). The molecule has 3 rings (SSSR count). The van der Waals surface area contributed by atoms with E-state index in [1.807, 2.05) is 6.92 Å². The lowest BCUT2D eigenvalue weighted by Crippen LogP contribution is -2.20. The topological polar surface area (TPSA) is 127 Å². The summed E-state index contributed by atoms with van der Waals surface area (Å²) < 4.78 is 36.1. The summed E-state index contributed by atoms with van der Waals surface area (Å²) in [4.78, 5) is 30.8. The first kappa shape index (κ1) is 24.3. The van der Waals surface area contributed by atoms with Gasteiger partial charge in [0.1, 0.15) is 11.5 Å². The number of nitrogens with one attached hydrogen (secondary N) is 2. The van der Waals surface area contributed by atoms with Gasteiger partial charge in [-0.1, -0.05) is 17.8 Å². The second-order valence-electron chi connectivity index (χ2n) is 7.03. The molecule has 2 N–H and O–H groups in total. The fraction of sp³-hybridized carbons (Fsp3) is 0.227. The Kier molecular flexibility index (Phi) is 7.44. The second-order valence-corrected chi connectivity index (χ2v) is 9.92. The lowest BCUT2D eigenvalue weighted by atomic mass is 10.1. The Bertz CT molecular complexity index is 1350. The van der Waals surface area contributed by atoms with Gasteiger partial charge in [0.15, 0.2) is 10.1 Å². The Morgan fingerprint density at radius 1 is 1.09 bits per heavy atom. The average molecular weight is 490 g/mol. The van der Waals surface area contributed by atoms with Gasteiger partial charge in [-0.2, -0.15) is 0 Å². The van der Waals surface area contributed by atoms with Gasteiger partial charge in [0.25, 0.3) is 5.56 Å². The lowest BCUT2D eigenvalue weighted by Gasteiger charge is -2.11. The molecule has 1 aromatic heterocycles. The summed E-state index contributed by atoms with van der Waals surface area (Å²) in [5.74, 6) is 0.580. The molecule has 0 atom stereocenters. The highest BCUT2D eigenvalue weighted by molar-refractivity contribution is 7.99. The summed E-state index contributed by atoms with van der Waals surface area (Å²) in [6.45, 7) is 3.66. The maximum absolute atomic E-state index is 12.9. The predicted molar refractivity (Wildman–Crippen MR) is 125 cm³/mol. The number of carbonyl (C=O) groups is 1. The van der Waals surface area contributed by atoms with Crippen LogP contribution in [0.5, 0.6) is 11.5 Å². The smallest absolute Gasteiger partial charge is 0.270 e. The molecule has 11 heteroatoms. The number of amides is 1. The number of thioether (sulfide) groups is 1. The highest BCUT2D eigenvalue weighted by Gasteiger charge is 2.23. The van der Waals surface area contributed by atoms with Crippen LogP contribution in [0.15, 0.2) is 62.3 Å². The van der Waals surface area contributed by atoms with Crippen LogP contribution < -0.4 is 20.3 Å². The van der Waals surface area contributed by atoms with Crippen molar-refractivity contribution >= 4 is 33.2 Å². The number of aryl methyl sites for hydroxylation is 2. The third kappa shape index (κ3) is 5.55. The number of aromatic nitrogens is 2. The number of ether oxygens (including phenoxy) is 2. The van der Waals surface area contributed by atoms with E-state index in [1.165, 1.54) is 26.4 Å². The SMILES string of the molecule is COc1ccc(NC(=O)CSc2ncc(S(=O)(=O)c3ccc(C)c(C)c3)c(=O)[nH]2)c(OC)c1. The molecule has 2 aromatic carbocycles. The number of methoxy groups -OCH3 is 2. The number of anilines is 1. The molecule has 0 fully saturated rings. The van der Waals surface area contributed by atoms with Crippen LogP contribution in [0.1, 0.15) is 11.1 Å². The van der Waals surface area contributed by atoms with Crippen molar-refractivity contribution in [2.75, 3.05) is 25.3 Å². The van der Waals surface area contributed by atoms with Gasteiger partial charge in [-0.3, -0.25) is 9.59 Å². The van der Waals surface area contributed by atoms with Crippen molar-refractivity contribution in [1.82, 2.24) is 9.97 Å². The number of hydrogen-bond acceptors (Lipinski definition) is 8. The van der Waals surface area contributed by atoms with Crippen molar-refractivity contribution in [3.8, 4) is 11.5 Å². The number of H-pyrrole nitrogens is 1. The summed E-state index contributed by atoms with van der Waals surface area (Å²) in [6.07, 6.45) is 1.01. The van der Waals surface area contributed by atoms with E-state index < -0.39 is 20.3 Å². The number of benzene rings is 2. The number of aromatic amines is 1. The molecule has 0 aliphatic heterocycles. The van der Waals surface area contributed by atoms with E-state index in [1.54, 1.807) is 31.2 Å². The van der Waals surface area contributed by atoms with E-state index in [-0.39, 0.29) is 21.7 Å². The zero-order chi connectivity index (χ0) is 24.2. The molecule has 3 aromatic rings. The van der Waals surface area contributed by atoms with Gasteiger partial charge >= 0.3 is 0 Å². The number of sulfone groups is 1. The molecule has 1 amide bonds. The third-order valence-electron chi connectivity index (χ3n) is 4.84. The molecular formula is C22H23N3O6S2. The van der Waals surface area contributed by atoms with Crippen molar-refractivity contribution < 1.29 is 22.7 Å². The molecule has 1 heterocycles. The molecule has 0 unspecified atom stereocenters. The van der Waals surface area contributed by atoms with Gasteiger partial charge in [-0.25, -0.2) is 13.4 Å².